The Morgan fingerprint density at radius 1 is 1.62 bits per heavy atom. The van der Waals surface area contributed by atoms with Crippen molar-refractivity contribution >= 4 is 33.2 Å². The summed E-state index contributed by atoms with van der Waals surface area (Å²) in [7, 11) is 0. The molecule has 0 saturated carbocycles. The first-order valence-corrected chi connectivity index (χ1v) is 6.52. The molecule has 0 aromatic carbocycles. The fourth-order valence-electron chi connectivity index (χ4n) is 1.32. The molecule has 0 fully saturated rings. The van der Waals surface area contributed by atoms with Crippen molar-refractivity contribution in [3.8, 4) is 0 Å². The van der Waals surface area contributed by atoms with Crippen LogP contribution in [0, 0.1) is 12.3 Å². The summed E-state index contributed by atoms with van der Waals surface area (Å²) >= 11 is 4.86. The van der Waals surface area contributed by atoms with E-state index in [1.807, 2.05) is 13.0 Å². The molecular weight excluding hydrogens is 292 g/mol. The average Bonchev–Trinajstić information content (AvgIpc) is 2.46. The van der Waals surface area contributed by atoms with Gasteiger partial charge in [-0.25, -0.2) is 0 Å². The van der Waals surface area contributed by atoms with E-state index < -0.39 is 17.5 Å². The van der Waals surface area contributed by atoms with Crippen molar-refractivity contribution in [1.82, 2.24) is 0 Å². The Kier molecular flexibility index (Phi) is 4.15. The van der Waals surface area contributed by atoms with Gasteiger partial charge in [0.05, 0.1) is 11.5 Å². The summed E-state index contributed by atoms with van der Waals surface area (Å²) < 4.78 is 0.958. The molecule has 5 heteroatoms. The molecule has 1 atom stereocenters. The van der Waals surface area contributed by atoms with Gasteiger partial charge in [0.25, 0.3) is 0 Å². The summed E-state index contributed by atoms with van der Waals surface area (Å²) in [4.78, 5) is 12.8. The molecule has 0 aliphatic rings. The highest BCUT2D eigenvalue weighted by Crippen LogP contribution is 2.36. The van der Waals surface area contributed by atoms with Crippen LogP contribution in [-0.2, 0) is 4.79 Å². The number of carboxylic acids is 1. The van der Waals surface area contributed by atoms with E-state index in [9.17, 15) is 9.90 Å². The Hall–Kier alpha value is -0.390. The molecule has 0 amide bonds. The Bertz CT molecular complexity index is 378. The molecule has 1 aromatic heterocycles. The third-order valence-electron chi connectivity index (χ3n) is 2.49. The Labute approximate surface area is 107 Å². The van der Waals surface area contributed by atoms with Crippen LogP contribution in [0.3, 0.4) is 0 Å². The molecule has 0 saturated heterocycles. The Balaban J connectivity index is 2.80. The second kappa shape index (κ2) is 4.85. The minimum Gasteiger partial charge on any atom is -0.481 e. The molecule has 0 aliphatic carbocycles. The third-order valence-corrected chi connectivity index (χ3v) is 4.73. The lowest BCUT2D eigenvalue weighted by Gasteiger charge is -2.21. The first kappa shape index (κ1) is 13.7. The lowest BCUT2D eigenvalue weighted by atomic mass is 9.86. The lowest BCUT2D eigenvalue weighted by Crippen LogP contribution is -2.25. The first-order valence-electron chi connectivity index (χ1n) is 4.91. The maximum Gasteiger partial charge on any atom is 0.309 e. The van der Waals surface area contributed by atoms with Crippen LogP contribution in [0.2, 0.25) is 0 Å². The summed E-state index contributed by atoms with van der Waals surface area (Å²) in [5, 5.41) is 18.9. The summed E-state index contributed by atoms with van der Waals surface area (Å²) in [6, 6.07) is 1.85. The number of rotatable bonds is 4. The normalized spacial score (nSPS) is 13.8. The van der Waals surface area contributed by atoms with E-state index in [0.717, 1.165) is 14.2 Å². The second-order valence-corrected chi connectivity index (χ2v) is 6.60. The van der Waals surface area contributed by atoms with Gasteiger partial charge >= 0.3 is 5.97 Å². The van der Waals surface area contributed by atoms with Gasteiger partial charge < -0.3 is 10.2 Å². The topological polar surface area (TPSA) is 57.5 Å². The smallest absolute Gasteiger partial charge is 0.309 e. The molecule has 0 spiro atoms. The standard InChI is InChI=1S/C11H15BrO3S/c1-6-7(12)4-9(16-6)8(13)5-11(2,3)10(14)15/h4,8,13H,5H2,1-3H3,(H,14,15). The number of aliphatic hydroxyl groups excluding tert-OH is 1. The second-order valence-electron chi connectivity index (χ2n) is 4.46. The predicted molar refractivity (Wildman–Crippen MR) is 67.7 cm³/mol. The van der Waals surface area contributed by atoms with Gasteiger partial charge in [-0.3, -0.25) is 4.79 Å². The molecule has 1 heterocycles. The van der Waals surface area contributed by atoms with Crippen LogP contribution in [-0.4, -0.2) is 16.2 Å². The van der Waals surface area contributed by atoms with E-state index in [1.54, 1.807) is 13.8 Å². The van der Waals surface area contributed by atoms with E-state index in [2.05, 4.69) is 15.9 Å². The summed E-state index contributed by atoms with van der Waals surface area (Å²) in [5.41, 5.74) is -0.913. The SMILES string of the molecule is Cc1sc(C(O)CC(C)(C)C(=O)O)cc1Br. The van der Waals surface area contributed by atoms with E-state index in [4.69, 9.17) is 5.11 Å². The largest absolute Gasteiger partial charge is 0.481 e. The summed E-state index contributed by atoms with van der Waals surface area (Å²) in [6.07, 6.45) is -0.504. The number of hydrogen-bond donors (Lipinski definition) is 2. The fraction of sp³-hybridized carbons (Fsp3) is 0.545. The monoisotopic (exact) mass is 306 g/mol. The van der Waals surface area contributed by atoms with Gasteiger partial charge in [-0.15, -0.1) is 11.3 Å². The molecule has 0 aliphatic heterocycles. The molecule has 2 N–H and O–H groups in total. The minimum absolute atomic E-state index is 0.217. The summed E-state index contributed by atoms with van der Waals surface area (Å²) in [5.74, 6) is -0.890. The highest BCUT2D eigenvalue weighted by molar-refractivity contribution is 9.10. The predicted octanol–water partition coefficient (Wildman–Crippen LogP) is 3.35. The van der Waals surface area contributed by atoms with Crippen molar-refractivity contribution in [2.24, 2.45) is 5.41 Å². The molecule has 3 nitrogen and oxygen atoms in total. The van der Waals surface area contributed by atoms with Gasteiger partial charge in [-0.2, -0.15) is 0 Å². The van der Waals surface area contributed by atoms with E-state index in [-0.39, 0.29) is 6.42 Å². The van der Waals surface area contributed by atoms with Crippen molar-refractivity contribution in [1.29, 1.82) is 0 Å². The molecule has 16 heavy (non-hydrogen) atoms. The number of halogens is 1. The molecule has 1 unspecified atom stereocenters. The van der Waals surface area contributed by atoms with Gasteiger partial charge in [0.15, 0.2) is 0 Å². The zero-order valence-electron chi connectivity index (χ0n) is 9.45. The zero-order valence-corrected chi connectivity index (χ0v) is 11.9. The van der Waals surface area contributed by atoms with Gasteiger partial charge in [0.2, 0.25) is 0 Å². The van der Waals surface area contributed by atoms with Crippen LogP contribution in [0.1, 0.15) is 36.1 Å². The molecule has 90 valence electrons. The minimum atomic E-state index is -0.913. The quantitative estimate of drug-likeness (QED) is 0.897. The van der Waals surface area contributed by atoms with E-state index >= 15 is 0 Å². The Morgan fingerprint density at radius 2 is 2.19 bits per heavy atom. The number of carboxylic acid groups (broad SMARTS) is 1. The number of aryl methyl sites for hydroxylation is 1. The van der Waals surface area contributed by atoms with Gasteiger partial charge in [-0.05, 0) is 49.2 Å². The number of carbonyl (C=O) groups is 1. The Morgan fingerprint density at radius 3 is 2.56 bits per heavy atom. The van der Waals surface area contributed by atoms with Crippen LogP contribution in [0.25, 0.3) is 0 Å². The number of hydrogen-bond acceptors (Lipinski definition) is 3. The average molecular weight is 307 g/mol. The van der Waals surface area contributed by atoms with Gasteiger partial charge in [0.1, 0.15) is 0 Å². The number of aliphatic hydroxyl groups is 1. The van der Waals surface area contributed by atoms with E-state index in [0.29, 0.717) is 0 Å². The van der Waals surface area contributed by atoms with Crippen molar-refractivity contribution in [2.75, 3.05) is 0 Å². The third kappa shape index (κ3) is 3.06. The van der Waals surface area contributed by atoms with Crippen LogP contribution in [0.5, 0.6) is 0 Å². The van der Waals surface area contributed by atoms with Crippen molar-refractivity contribution in [2.45, 2.75) is 33.3 Å². The van der Waals surface area contributed by atoms with Crippen molar-refractivity contribution < 1.29 is 15.0 Å². The summed E-state index contributed by atoms with van der Waals surface area (Å²) in [6.45, 7) is 5.19. The number of thiophene rings is 1. The molecule has 0 radical (unpaired) electrons. The van der Waals surface area contributed by atoms with Crippen molar-refractivity contribution in [3.63, 3.8) is 0 Å². The highest BCUT2D eigenvalue weighted by Gasteiger charge is 2.31. The molecule has 1 rings (SSSR count). The van der Waals surface area contributed by atoms with Crippen LogP contribution < -0.4 is 0 Å². The molecular formula is C11H15BrO3S. The maximum absolute atomic E-state index is 10.9. The fourth-order valence-corrected chi connectivity index (χ4v) is 2.86. The van der Waals surface area contributed by atoms with Crippen LogP contribution >= 0.6 is 27.3 Å². The lowest BCUT2D eigenvalue weighted by molar-refractivity contribution is -0.148. The maximum atomic E-state index is 10.9. The zero-order chi connectivity index (χ0) is 12.5. The van der Waals surface area contributed by atoms with Crippen LogP contribution in [0.15, 0.2) is 10.5 Å². The van der Waals surface area contributed by atoms with Gasteiger partial charge in [0, 0.05) is 14.2 Å². The van der Waals surface area contributed by atoms with E-state index in [1.165, 1.54) is 11.3 Å². The molecule has 1 aromatic rings. The van der Waals surface area contributed by atoms with Crippen molar-refractivity contribution in [3.05, 3.63) is 20.3 Å². The molecule has 0 bridgehead atoms. The highest BCUT2D eigenvalue weighted by atomic mass is 79.9. The number of aliphatic carboxylic acids is 1. The first-order chi connectivity index (χ1) is 7.24. The van der Waals surface area contributed by atoms with Gasteiger partial charge in [-0.1, -0.05) is 0 Å². The van der Waals surface area contributed by atoms with Crippen LogP contribution in [0.4, 0.5) is 0 Å².